The summed E-state index contributed by atoms with van der Waals surface area (Å²) in [6, 6.07) is 75.4. The second-order valence-corrected chi connectivity index (χ2v) is 15.9. The highest BCUT2D eigenvalue weighted by Crippen LogP contribution is 2.49. The van der Waals surface area contributed by atoms with Gasteiger partial charge in [0.1, 0.15) is 0 Å². The van der Waals surface area contributed by atoms with Crippen LogP contribution in [0, 0.1) is 0 Å². The number of hydrogen-bond acceptors (Lipinski definition) is 6. The van der Waals surface area contributed by atoms with Crippen molar-refractivity contribution in [3.63, 3.8) is 0 Å². The standard InChI is InChI=1S/C58H36N6/c1-5-16-39(17-6-1)53-59-54(40-18-7-2-8-19-40)62-57(61-53)44-34-43(35-45(36-44)58-63-55(41-20-9-3-10-21-41)60-56(64-58)42-22-11-4-12-23-42)37-28-30-38(31-29-37)46-32-33-51-48-25-14-13-24-47(48)50-27-15-26-49(46)52(50)51/h1-36H. The SMILES string of the molecule is c1ccc(-c2nc(-c3ccccc3)nc(-c3cc(-c4ccc(-c5ccc6c7c(cccc57)-c5ccccc5-6)cc4)cc(-c4nc(-c5ccccc5)nc(-c5ccccc5)n4)c3)n2)cc1. The normalized spacial score (nSPS) is 11.4. The van der Waals surface area contributed by atoms with Crippen molar-refractivity contribution < 1.29 is 0 Å². The smallest absolute Gasteiger partial charge is 0.164 e. The zero-order chi connectivity index (χ0) is 42.4. The zero-order valence-corrected chi connectivity index (χ0v) is 34.5. The van der Waals surface area contributed by atoms with Crippen molar-refractivity contribution in [3.8, 4) is 113 Å². The second-order valence-electron chi connectivity index (χ2n) is 15.9. The molecule has 0 spiro atoms. The first-order valence-electron chi connectivity index (χ1n) is 21.4. The molecule has 0 saturated carbocycles. The minimum absolute atomic E-state index is 0.543. The molecule has 0 atom stereocenters. The summed E-state index contributed by atoms with van der Waals surface area (Å²) in [7, 11) is 0. The maximum absolute atomic E-state index is 5.14. The first-order chi connectivity index (χ1) is 31.7. The molecule has 0 fully saturated rings. The van der Waals surface area contributed by atoms with Crippen LogP contribution in [0.1, 0.15) is 0 Å². The van der Waals surface area contributed by atoms with E-state index in [4.69, 9.17) is 29.9 Å². The molecule has 64 heavy (non-hydrogen) atoms. The van der Waals surface area contributed by atoms with E-state index in [1.54, 1.807) is 0 Å². The number of benzene rings is 9. The molecule has 0 unspecified atom stereocenters. The molecule has 2 heterocycles. The number of hydrogen-bond donors (Lipinski definition) is 0. The summed E-state index contributed by atoms with van der Waals surface area (Å²) < 4.78 is 0. The summed E-state index contributed by atoms with van der Waals surface area (Å²) in [6.45, 7) is 0. The van der Waals surface area contributed by atoms with E-state index in [2.05, 4.69) is 97.1 Å². The Bertz CT molecular complexity index is 3230. The van der Waals surface area contributed by atoms with Gasteiger partial charge in [0.2, 0.25) is 0 Å². The highest BCUT2D eigenvalue weighted by atomic mass is 15.0. The number of aromatic nitrogens is 6. The molecule has 0 bridgehead atoms. The summed E-state index contributed by atoms with van der Waals surface area (Å²) in [5, 5.41) is 2.56. The highest BCUT2D eigenvalue weighted by Gasteiger charge is 2.23. The van der Waals surface area contributed by atoms with Crippen molar-refractivity contribution in [1.82, 2.24) is 29.9 Å². The predicted octanol–water partition coefficient (Wildman–Crippen LogP) is 14.2. The molecule has 11 aromatic rings. The average molecular weight is 817 g/mol. The number of rotatable bonds is 8. The van der Waals surface area contributed by atoms with Gasteiger partial charge in [-0.25, -0.2) is 29.9 Å². The Hall–Kier alpha value is -8.74. The molecular weight excluding hydrogens is 781 g/mol. The van der Waals surface area contributed by atoms with Gasteiger partial charge in [0.05, 0.1) is 0 Å². The Morgan fingerprint density at radius 3 is 0.953 bits per heavy atom. The summed E-state index contributed by atoms with van der Waals surface area (Å²) in [6.07, 6.45) is 0. The maximum Gasteiger partial charge on any atom is 0.164 e. The lowest BCUT2D eigenvalue weighted by atomic mass is 9.92. The van der Waals surface area contributed by atoms with Crippen molar-refractivity contribution in [2.24, 2.45) is 0 Å². The Morgan fingerprint density at radius 1 is 0.188 bits per heavy atom. The Labute approximate surface area is 370 Å². The molecule has 0 amide bonds. The van der Waals surface area contributed by atoms with Crippen molar-refractivity contribution in [1.29, 1.82) is 0 Å². The lowest BCUT2D eigenvalue weighted by Gasteiger charge is -2.14. The summed E-state index contributed by atoms with van der Waals surface area (Å²) in [4.78, 5) is 30.5. The van der Waals surface area contributed by atoms with Gasteiger partial charge in [-0.15, -0.1) is 0 Å². The molecule has 6 nitrogen and oxygen atoms in total. The second kappa shape index (κ2) is 15.6. The average Bonchev–Trinajstić information content (AvgIpc) is 3.71. The third-order valence-corrected chi connectivity index (χ3v) is 11.9. The molecule has 1 aliphatic carbocycles. The third-order valence-electron chi connectivity index (χ3n) is 11.9. The maximum atomic E-state index is 5.14. The molecule has 0 aliphatic heterocycles. The number of nitrogens with zero attached hydrogens (tertiary/aromatic N) is 6. The molecule has 0 radical (unpaired) electrons. The quantitative estimate of drug-likeness (QED) is 0.152. The van der Waals surface area contributed by atoms with Crippen molar-refractivity contribution in [2.75, 3.05) is 0 Å². The van der Waals surface area contributed by atoms with Crippen LogP contribution in [0.3, 0.4) is 0 Å². The van der Waals surface area contributed by atoms with Crippen LogP contribution in [0.5, 0.6) is 0 Å². The van der Waals surface area contributed by atoms with Gasteiger partial charge >= 0.3 is 0 Å². The fraction of sp³-hybridized carbons (Fsp3) is 0. The largest absolute Gasteiger partial charge is 0.208 e. The van der Waals surface area contributed by atoms with Crippen LogP contribution in [0.15, 0.2) is 218 Å². The number of fused-ring (bicyclic) bond motifs is 3. The van der Waals surface area contributed by atoms with Crippen LogP contribution in [-0.2, 0) is 0 Å². The minimum atomic E-state index is 0.543. The van der Waals surface area contributed by atoms with E-state index >= 15 is 0 Å². The van der Waals surface area contributed by atoms with Gasteiger partial charge in [0.15, 0.2) is 34.9 Å². The Balaban J connectivity index is 1.04. The van der Waals surface area contributed by atoms with Gasteiger partial charge in [-0.2, -0.15) is 0 Å². The van der Waals surface area contributed by atoms with Crippen LogP contribution in [-0.4, -0.2) is 29.9 Å². The van der Waals surface area contributed by atoms with E-state index in [-0.39, 0.29) is 0 Å². The molecule has 298 valence electrons. The van der Waals surface area contributed by atoms with E-state index in [9.17, 15) is 0 Å². The molecule has 1 aliphatic rings. The molecule has 9 aromatic carbocycles. The summed E-state index contributed by atoms with van der Waals surface area (Å²) in [5.41, 5.74) is 14.8. The Kier molecular flexibility index (Phi) is 9.05. The monoisotopic (exact) mass is 816 g/mol. The van der Waals surface area contributed by atoms with E-state index in [1.165, 1.54) is 38.6 Å². The molecule has 0 N–H and O–H groups in total. The van der Waals surface area contributed by atoms with Crippen LogP contribution in [0.25, 0.3) is 124 Å². The molecular formula is C58H36N6. The van der Waals surface area contributed by atoms with E-state index < -0.39 is 0 Å². The topological polar surface area (TPSA) is 77.3 Å². The van der Waals surface area contributed by atoms with Crippen LogP contribution in [0.2, 0.25) is 0 Å². The fourth-order valence-corrected chi connectivity index (χ4v) is 8.83. The lowest BCUT2D eigenvalue weighted by molar-refractivity contribution is 1.07. The summed E-state index contributed by atoms with van der Waals surface area (Å²) in [5.74, 6) is 3.45. The zero-order valence-electron chi connectivity index (χ0n) is 34.5. The van der Waals surface area contributed by atoms with Gasteiger partial charge in [-0.05, 0) is 73.5 Å². The lowest BCUT2D eigenvalue weighted by Crippen LogP contribution is -2.02. The van der Waals surface area contributed by atoms with Gasteiger partial charge < -0.3 is 0 Å². The van der Waals surface area contributed by atoms with E-state index in [1.807, 2.05) is 121 Å². The molecule has 6 heteroatoms. The van der Waals surface area contributed by atoms with Crippen molar-refractivity contribution in [3.05, 3.63) is 218 Å². The first kappa shape index (κ1) is 37.1. The van der Waals surface area contributed by atoms with Gasteiger partial charge in [0, 0.05) is 33.4 Å². The highest BCUT2D eigenvalue weighted by molar-refractivity contribution is 6.18. The molecule has 2 aromatic heterocycles. The first-order valence-corrected chi connectivity index (χ1v) is 21.4. The fourth-order valence-electron chi connectivity index (χ4n) is 8.83. The molecule has 0 saturated heterocycles. The van der Waals surface area contributed by atoms with Crippen LogP contribution >= 0.6 is 0 Å². The van der Waals surface area contributed by atoms with Crippen molar-refractivity contribution in [2.45, 2.75) is 0 Å². The minimum Gasteiger partial charge on any atom is -0.208 e. The van der Waals surface area contributed by atoms with Gasteiger partial charge in [-0.3, -0.25) is 0 Å². The van der Waals surface area contributed by atoms with Gasteiger partial charge in [-0.1, -0.05) is 200 Å². The van der Waals surface area contributed by atoms with Crippen molar-refractivity contribution >= 4 is 10.8 Å². The summed E-state index contributed by atoms with van der Waals surface area (Å²) >= 11 is 0. The van der Waals surface area contributed by atoms with Gasteiger partial charge in [0.25, 0.3) is 0 Å². The third kappa shape index (κ3) is 6.71. The predicted molar refractivity (Wildman–Crippen MR) is 259 cm³/mol. The molecule has 12 rings (SSSR count). The Morgan fingerprint density at radius 2 is 0.516 bits per heavy atom. The van der Waals surface area contributed by atoms with E-state index in [0.717, 1.165) is 50.1 Å². The van der Waals surface area contributed by atoms with Crippen LogP contribution in [0.4, 0.5) is 0 Å². The van der Waals surface area contributed by atoms with E-state index in [0.29, 0.717) is 34.9 Å². The van der Waals surface area contributed by atoms with Crippen LogP contribution < -0.4 is 0 Å².